The summed E-state index contributed by atoms with van der Waals surface area (Å²) in [6.07, 6.45) is 4.39. The number of rotatable bonds is 2. The molecular weight excluding hydrogens is 156 g/mol. The van der Waals surface area contributed by atoms with Gasteiger partial charge in [-0.1, -0.05) is 0 Å². The molecule has 0 saturated heterocycles. The van der Waals surface area contributed by atoms with Crippen LogP contribution in [0.5, 0.6) is 0 Å². The molecule has 1 rings (SSSR count). The lowest BCUT2D eigenvalue weighted by molar-refractivity contribution is -0.146. The fourth-order valence-electron chi connectivity index (χ4n) is 0.830. The first-order chi connectivity index (χ1) is 5.70. The van der Waals surface area contributed by atoms with E-state index >= 15 is 0 Å². The summed E-state index contributed by atoms with van der Waals surface area (Å²) in [5.41, 5.74) is 0.660. The van der Waals surface area contributed by atoms with E-state index in [2.05, 4.69) is 9.97 Å². The molecule has 64 valence electrons. The number of ether oxygens (including phenoxy) is 1. The average Bonchev–Trinajstić information content (AvgIpc) is 2.05. The predicted molar refractivity (Wildman–Crippen MR) is 42.2 cm³/mol. The summed E-state index contributed by atoms with van der Waals surface area (Å²) in [5, 5.41) is 0. The van der Waals surface area contributed by atoms with E-state index < -0.39 is 0 Å². The van der Waals surface area contributed by atoms with Gasteiger partial charge in [0.1, 0.15) is 6.10 Å². The van der Waals surface area contributed by atoms with Crippen LogP contribution in [0, 0.1) is 0 Å². The smallest absolute Gasteiger partial charge is 0.303 e. The van der Waals surface area contributed by atoms with E-state index in [9.17, 15) is 4.79 Å². The van der Waals surface area contributed by atoms with Gasteiger partial charge in [-0.2, -0.15) is 0 Å². The Bertz CT molecular complexity index is 261. The Kier molecular flexibility index (Phi) is 2.74. The third-order valence-electron chi connectivity index (χ3n) is 1.34. The molecule has 1 atom stereocenters. The van der Waals surface area contributed by atoms with Gasteiger partial charge in [-0.05, 0) is 6.92 Å². The van der Waals surface area contributed by atoms with Crippen LogP contribution in [0.1, 0.15) is 25.6 Å². The minimum Gasteiger partial charge on any atom is -0.456 e. The topological polar surface area (TPSA) is 52.1 Å². The van der Waals surface area contributed by atoms with Gasteiger partial charge in [0.25, 0.3) is 0 Å². The largest absolute Gasteiger partial charge is 0.456 e. The number of hydrogen-bond donors (Lipinski definition) is 0. The molecule has 0 aliphatic heterocycles. The number of nitrogens with zero attached hydrogens (tertiary/aromatic N) is 2. The van der Waals surface area contributed by atoms with Crippen LogP contribution < -0.4 is 0 Å². The summed E-state index contributed by atoms with van der Waals surface area (Å²) < 4.78 is 4.89. The summed E-state index contributed by atoms with van der Waals surface area (Å²) >= 11 is 0. The molecular formula is C8H10N2O2. The van der Waals surface area contributed by atoms with E-state index in [1.807, 2.05) is 0 Å². The van der Waals surface area contributed by atoms with Gasteiger partial charge >= 0.3 is 5.97 Å². The fourth-order valence-corrected chi connectivity index (χ4v) is 0.830. The van der Waals surface area contributed by atoms with Gasteiger partial charge in [0.2, 0.25) is 0 Å². The van der Waals surface area contributed by atoms with Crippen LogP contribution in [0.15, 0.2) is 18.6 Å². The first kappa shape index (κ1) is 8.64. The molecule has 0 amide bonds. The number of carbonyl (C=O) groups is 1. The van der Waals surface area contributed by atoms with Crippen LogP contribution in [0.3, 0.4) is 0 Å². The Morgan fingerprint density at radius 2 is 2.33 bits per heavy atom. The Morgan fingerprint density at radius 3 is 2.83 bits per heavy atom. The molecule has 1 aromatic heterocycles. The number of hydrogen-bond acceptors (Lipinski definition) is 4. The van der Waals surface area contributed by atoms with E-state index in [-0.39, 0.29) is 12.1 Å². The van der Waals surface area contributed by atoms with Crippen molar-refractivity contribution in [2.24, 2.45) is 0 Å². The minimum absolute atomic E-state index is 0.312. The van der Waals surface area contributed by atoms with Crippen molar-refractivity contribution in [3.63, 3.8) is 0 Å². The Labute approximate surface area is 70.6 Å². The van der Waals surface area contributed by atoms with Gasteiger partial charge in [-0.15, -0.1) is 0 Å². The maximum absolute atomic E-state index is 10.6. The third kappa shape index (κ3) is 2.30. The Hall–Kier alpha value is -1.45. The first-order valence-corrected chi connectivity index (χ1v) is 3.63. The SMILES string of the molecule is CC(=O)O[C@@H](C)c1cnccn1. The van der Waals surface area contributed by atoms with E-state index in [0.29, 0.717) is 5.69 Å². The van der Waals surface area contributed by atoms with Crippen molar-refractivity contribution in [3.8, 4) is 0 Å². The highest BCUT2D eigenvalue weighted by Gasteiger charge is 2.08. The predicted octanol–water partition coefficient (Wildman–Crippen LogP) is 1.10. The molecule has 4 heteroatoms. The first-order valence-electron chi connectivity index (χ1n) is 3.63. The van der Waals surface area contributed by atoms with Crippen molar-refractivity contribution in [3.05, 3.63) is 24.3 Å². The van der Waals surface area contributed by atoms with Crippen LogP contribution in [-0.2, 0) is 9.53 Å². The summed E-state index contributed by atoms with van der Waals surface area (Å²) in [7, 11) is 0. The second-order valence-electron chi connectivity index (χ2n) is 2.38. The third-order valence-corrected chi connectivity index (χ3v) is 1.34. The lowest BCUT2D eigenvalue weighted by atomic mass is 10.3. The molecule has 0 fully saturated rings. The van der Waals surface area contributed by atoms with Crippen LogP contribution in [-0.4, -0.2) is 15.9 Å². The van der Waals surface area contributed by atoms with Gasteiger partial charge in [0.05, 0.1) is 11.9 Å². The van der Waals surface area contributed by atoms with Gasteiger partial charge in [-0.3, -0.25) is 14.8 Å². The molecule has 0 aromatic carbocycles. The van der Waals surface area contributed by atoms with Crippen LogP contribution in [0.25, 0.3) is 0 Å². The maximum atomic E-state index is 10.6. The molecule has 0 bridgehead atoms. The number of carbonyl (C=O) groups excluding carboxylic acids is 1. The molecule has 0 spiro atoms. The van der Waals surface area contributed by atoms with Gasteiger partial charge in [0, 0.05) is 19.3 Å². The lowest BCUT2D eigenvalue weighted by Crippen LogP contribution is -2.06. The quantitative estimate of drug-likeness (QED) is 0.617. The summed E-state index contributed by atoms with van der Waals surface area (Å²) in [6.45, 7) is 3.12. The minimum atomic E-state index is -0.323. The zero-order valence-corrected chi connectivity index (χ0v) is 7.02. The average molecular weight is 166 g/mol. The van der Waals surface area contributed by atoms with E-state index in [1.165, 1.54) is 6.92 Å². The summed E-state index contributed by atoms with van der Waals surface area (Å²) in [5.74, 6) is -0.312. The maximum Gasteiger partial charge on any atom is 0.303 e. The van der Waals surface area contributed by atoms with Crippen molar-refractivity contribution in [2.45, 2.75) is 20.0 Å². The molecule has 12 heavy (non-hydrogen) atoms. The fraction of sp³-hybridized carbons (Fsp3) is 0.375. The zero-order chi connectivity index (χ0) is 8.97. The highest BCUT2D eigenvalue weighted by Crippen LogP contribution is 2.11. The monoisotopic (exact) mass is 166 g/mol. The van der Waals surface area contributed by atoms with Crippen LogP contribution in [0.2, 0.25) is 0 Å². The van der Waals surface area contributed by atoms with E-state index in [0.717, 1.165) is 0 Å². The highest BCUT2D eigenvalue weighted by molar-refractivity contribution is 5.66. The van der Waals surface area contributed by atoms with E-state index in [1.54, 1.807) is 25.5 Å². The number of aromatic nitrogens is 2. The molecule has 0 N–H and O–H groups in total. The van der Waals surface area contributed by atoms with Gasteiger partial charge < -0.3 is 4.74 Å². The van der Waals surface area contributed by atoms with Crippen molar-refractivity contribution < 1.29 is 9.53 Å². The van der Waals surface area contributed by atoms with Crippen molar-refractivity contribution in [1.82, 2.24) is 9.97 Å². The Balaban J connectivity index is 2.65. The normalized spacial score (nSPS) is 12.2. The molecule has 0 unspecified atom stereocenters. The van der Waals surface area contributed by atoms with Gasteiger partial charge in [0.15, 0.2) is 0 Å². The molecule has 0 aliphatic rings. The second kappa shape index (κ2) is 3.80. The Morgan fingerprint density at radius 1 is 1.58 bits per heavy atom. The lowest BCUT2D eigenvalue weighted by Gasteiger charge is -2.09. The molecule has 0 aliphatic carbocycles. The zero-order valence-electron chi connectivity index (χ0n) is 7.02. The molecule has 1 aromatic rings. The second-order valence-corrected chi connectivity index (χ2v) is 2.38. The molecule has 1 heterocycles. The van der Waals surface area contributed by atoms with Crippen molar-refractivity contribution in [1.29, 1.82) is 0 Å². The molecule has 0 radical (unpaired) electrons. The van der Waals surface area contributed by atoms with Crippen LogP contribution in [0.4, 0.5) is 0 Å². The molecule has 0 saturated carbocycles. The summed E-state index contributed by atoms with van der Waals surface area (Å²) in [4.78, 5) is 18.4. The molecule has 4 nitrogen and oxygen atoms in total. The highest BCUT2D eigenvalue weighted by atomic mass is 16.5. The van der Waals surface area contributed by atoms with Crippen molar-refractivity contribution in [2.75, 3.05) is 0 Å². The summed E-state index contributed by atoms with van der Waals surface area (Å²) in [6, 6.07) is 0. The van der Waals surface area contributed by atoms with Crippen molar-refractivity contribution >= 4 is 5.97 Å². The van der Waals surface area contributed by atoms with Gasteiger partial charge in [-0.25, -0.2) is 0 Å². The van der Waals surface area contributed by atoms with Crippen LogP contribution >= 0.6 is 0 Å². The number of esters is 1. The standard InChI is InChI=1S/C8H10N2O2/c1-6(12-7(2)11)8-5-9-3-4-10-8/h3-6H,1-2H3/t6-/m0/s1. The van der Waals surface area contributed by atoms with E-state index in [4.69, 9.17) is 4.74 Å².